The van der Waals surface area contributed by atoms with Crippen LogP contribution in [0.1, 0.15) is 12.5 Å². The number of fused-ring (bicyclic) bond motifs is 1. The quantitative estimate of drug-likeness (QED) is 0.341. The predicted molar refractivity (Wildman–Crippen MR) is 131 cm³/mol. The van der Waals surface area contributed by atoms with Crippen LogP contribution in [-0.2, 0) is 6.42 Å². The van der Waals surface area contributed by atoms with Gasteiger partial charge in [0.15, 0.2) is 22.4 Å². The van der Waals surface area contributed by atoms with Crippen LogP contribution in [0.3, 0.4) is 0 Å². The highest BCUT2D eigenvalue weighted by Crippen LogP contribution is 2.31. The Morgan fingerprint density at radius 3 is 2.32 bits per heavy atom. The summed E-state index contributed by atoms with van der Waals surface area (Å²) >= 11 is 6.07. The van der Waals surface area contributed by atoms with Gasteiger partial charge in [0.25, 0.3) is 0 Å². The first-order valence-corrected chi connectivity index (χ1v) is 10.7. The van der Waals surface area contributed by atoms with Crippen LogP contribution in [0.5, 0.6) is 5.75 Å². The molecule has 0 amide bonds. The molecule has 0 saturated heterocycles. The minimum Gasteiger partial charge on any atom is -0.505 e. The fourth-order valence-electron chi connectivity index (χ4n) is 3.40. The summed E-state index contributed by atoms with van der Waals surface area (Å²) in [6.07, 6.45) is 3.77. The zero-order chi connectivity index (χ0) is 24.2. The SMILES string of the molecule is CCc1cc2ncc(Cl)n2nc1-c1ccccc1.Nc1ncnc(N)c1-c1ccc(O)c(F)c1. The molecule has 3 heterocycles. The zero-order valence-electron chi connectivity index (χ0n) is 18.2. The zero-order valence-corrected chi connectivity index (χ0v) is 18.9. The fraction of sp³-hybridized carbons (Fsp3) is 0.0833. The Bertz CT molecular complexity index is 1440. The second-order valence-corrected chi connectivity index (χ2v) is 7.66. The minimum absolute atomic E-state index is 0.164. The van der Waals surface area contributed by atoms with Gasteiger partial charge in [-0.3, -0.25) is 0 Å². The third-order valence-electron chi connectivity index (χ3n) is 5.10. The van der Waals surface area contributed by atoms with Crippen molar-refractivity contribution < 1.29 is 9.50 Å². The van der Waals surface area contributed by atoms with E-state index in [0.29, 0.717) is 16.3 Å². The van der Waals surface area contributed by atoms with E-state index in [1.807, 2.05) is 24.3 Å². The molecule has 172 valence electrons. The molecule has 2 aromatic carbocycles. The number of benzene rings is 2. The van der Waals surface area contributed by atoms with Gasteiger partial charge in [0.2, 0.25) is 0 Å². The van der Waals surface area contributed by atoms with Crippen LogP contribution in [-0.4, -0.2) is 29.7 Å². The van der Waals surface area contributed by atoms with Gasteiger partial charge < -0.3 is 16.6 Å². The Balaban J connectivity index is 0.000000162. The summed E-state index contributed by atoms with van der Waals surface area (Å²) in [7, 11) is 0. The van der Waals surface area contributed by atoms with Gasteiger partial charge in [-0.15, -0.1) is 0 Å². The van der Waals surface area contributed by atoms with E-state index in [0.717, 1.165) is 29.4 Å². The molecule has 0 unspecified atom stereocenters. The maximum atomic E-state index is 13.2. The minimum atomic E-state index is -0.750. The number of hydrogen-bond acceptors (Lipinski definition) is 7. The highest BCUT2D eigenvalue weighted by atomic mass is 35.5. The molecule has 3 aromatic heterocycles. The van der Waals surface area contributed by atoms with Crippen LogP contribution in [0, 0.1) is 5.82 Å². The summed E-state index contributed by atoms with van der Waals surface area (Å²) in [5.74, 6) is -0.854. The van der Waals surface area contributed by atoms with Crippen LogP contribution >= 0.6 is 11.6 Å². The first kappa shape index (κ1) is 22.9. The smallest absolute Gasteiger partial charge is 0.165 e. The topological polar surface area (TPSA) is 128 Å². The van der Waals surface area contributed by atoms with Gasteiger partial charge >= 0.3 is 0 Å². The number of halogens is 2. The van der Waals surface area contributed by atoms with E-state index in [4.69, 9.17) is 28.2 Å². The molecule has 0 aliphatic carbocycles. The van der Waals surface area contributed by atoms with E-state index >= 15 is 0 Å². The number of anilines is 2. The van der Waals surface area contributed by atoms with Crippen LogP contribution in [0.25, 0.3) is 28.0 Å². The third kappa shape index (κ3) is 4.60. The summed E-state index contributed by atoms with van der Waals surface area (Å²) in [4.78, 5) is 11.8. The molecule has 0 aliphatic rings. The number of aromatic hydroxyl groups is 1. The number of phenols is 1. The first-order chi connectivity index (χ1) is 16.4. The van der Waals surface area contributed by atoms with Crippen molar-refractivity contribution >= 4 is 28.9 Å². The molecule has 0 saturated carbocycles. The number of hydrogen-bond donors (Lipinski definition) is 3. The number of phenolic OH excluding ortho intramolecular Hbond substituents is 1. The van der Waals surface area contributed by atoms with Gasteiger partial charge in [0.1, 0.15) is 18.0 Å². The van der Waals surface area contributed by atoms with Gasteiger partial charge in [0.05, 0.1) is 17.5 Å². The molecule has 5 rings (SSSR count). The van der Waals surface area contributed by atoms with Crippen molar-refractivity contribution in [2.45, 2.75) is 13.3 Å². The largest absolute Gasteiger partial charge is 0.505 e. The van der Waals surface area contributed by atoms with E-state index < -0.39 is 11.6 Å². The van der Waals surface area contributed by atoms with E-state index in [9.17, 15) is 4.39 Å². The van der Waals surface area contributed by atoms with Crippen LogP contribution in [0.2, 0.25) is 5.15 Å². The van der Waals surface area contributed by atoms with Gasteiger partial charge in [-0.25, -0.2) is 23.9 Å². The van der Waals surface area contributed by atoms with Gasteiger partial charge in [-0.1, -0.05) is 54.9 Å². The lowest BCUT2D eigenvalue weighted by atomic mass is 10.1. The molecule has 0 fully saturated rings. The summed E-state index contributed by atoms with van der Waals surface area (Å²) in [6, 6.07) is 16.0. The molecule has 0 aliphatic heterocycles. The molecule has 0 bridgehead atoms. The van der Waals surface area contributed by atoms with Gasteiger partial charge in [-0.05, 0) is 35.7 Å². The van der Waals surface area contributed by atoms with Crippen molar-refractivity contribution in [2.75, 3.05) is 11.5 Å². The maximum Gasteiger partial charge on any atom is 0.165 e. The van der Waals surface area contributed by atoms with Crippen LogP contribution in [0.15, 0.2) is 67.1 Å². The van der Waals surface area contributed by atoms with Gasteiger partial charge in [0, 0.05) is 5.56 Å². The number of nitrogens with zero attached hydrogens (tertiary/aromatic N) is 5. The van der Waals surface area contributed by atoms with Crippen LogP contribution in [0.4, 0.5) is 16.0 Å². The molecule has 5 aromatic rings. The highest BCUT2D eigenvalue weighted by Gasteiger charge is 2.12. The maximum absolute atomic E-state index is 13.2. The van der Waals surface area contributed by atoms with Crippen molar-refractivity contribution in [1.29, 1.82) is 0 Å². The monoisotopic (exact) mass is 477 g/mol. The number of aromatic nitrogens is 5. The molecular weight excluding hydrogens is 457 g/mol. The lowest BCUT2D eigenvalue weighted by Crippen LogP contribution is -2.01. The number of imidazole rings is 1. The Morgan fingerprint density at radius 1 is 0.971 bits per heavy atom. The molecular formula is C24H21ClFN7O. The predicted octanol–water partition coefficient (Wildman–Crippen LogP) is 4.76. The standard InChI is InChI=1S/C14H12ClN3.C10H9FN4O/c1-2-10-8-13-16-9-12(15)18(13)17-14(10)11-6-4-3-5-7-11;11-6-3-5(1-2-7(6)16)8-9(12)14-4-15-10(8)13/h3-9H,2H2,1H3;1-4,16H,(H4,12,13,14,15). The van der Waals surface area contributed by atoms with Crippen molar-refractivity contribution in [3.8, 4) is 28.1 Å². The average Bonchev–Trinajstić information content (AvgIpc) is 3.21. The molecule has 34 heavy (non-hydrogen) atoms. The number of aryl methyl sites for hydroxylation is 1. The van der Waals surface area contributed by atoms with Gasteiger partial charge in [-0.2, -0.15) is 5.10 Å². The second kappa shape index (κ2) is 9.72. The van der Waals surface area contributed by atoms with E-state index in [1.165, 1.54) is 24.0 Å². The fourth-order valence-corrected chi connectivity index (χ4v) is 3.58. The molecule has 10 heteroatoms. The third-order valence-corrected chi connectivity index (χ3v) is 5.36. The molecule has 5 N–H and O–H groups in total. The van der Waals surface area contributed by atoms with Crippen molar-refractivity contribution in [1.82, 2.24) is 24.6 Å². The highest BCUT2D eigenvalue weighted by molar-refractivity contribution is 6.29. The molecule has 8 nitrogen and oxygen atoms in total. The van der Waals surface area contributed by atoms with E-state index in [2.05, 4.69) is 39.1 Å². The Kier molecular flexibility index (Phi) is 6.55. The Morgan fingerprint density at radius 2 is 1.68 bits per heavy atom. The number of rotatable bonds is 3. The van der Waals surface area contributed by atoms with Crippen LogP contribution < -0.4 is 11.5 Å². The number of nitrogen functional groups attached to an aromatic ring is 2. The van der Waals surface area contributed by atoms with Crippen molar-refractivity contribution in [3.05, 3.63) is 83.7 Å². The molecule has 0 radical (unpaired) electrons. The summed E-state index contributed by atoms with van der Waals surface area (Å²) in [5, 5.41) is 14.2. The lowest BCUT2D eigenvalue weighted by Gasteiger charge is -2.08. The van der Waals surface area contributed by atoms with Crippen molar-refractivity contribution in [3.63, 3.8) is 0 Å². The average molecular weight is 478 g/mol. The summed E-state index contributed by atoms with van der Waals surface area (Å²) < 4.78 is 14.8. The Hall–Kier alpha value is -4.24. The second-order valence-electron chi connectivity index (χ2n) is 7.27. The summed E-state index contributed by atoms with van der Waals surface area (Å²) in [6.45, 7) is 2.12. The lowest BCUT2D eigenvalue weighted by molar-refractivity contribution is 0.432. The molecule has 0 spiro atoms. The van der Waals surface area contributed by atoms with Crippen molar-refractivity contribution in [2.24, 2.45) is 0 Å². The normalized spacial score (nSPS) is 10.7. The Labute approximate surface area is 199 Å². The number of nitrogens with two attached hydrogens (primary N) is 2. The molecule has 0 atom stereocenters. The van der Waals surface area contributed by atoms with E-state index in [1.54, 1.807) is 10.7 Å². The summed E-state index contributed by atoms with van der Waals surface area (Å²) in [5.41, 5.74) is 16.1. The van der Waals surface area contributed by atoms with E-state index in [-0.39, 0.29) is 11.6 Å². The first-order valence-electron chi connectivity index (χ1n) is 10.3.